The van der Waals surface area contributed by atoms with Crippen LogP contribution in [0.25, 0.3) is 0 Å². The summed E-state index contributed by atoms with van der Waals surface area (Å²) in [5.41, 5.74) is 1.25. The van der Waals surface area contributed by atoms with Gasteiger partial charge in [0.25, 0.3) is 0 Å². The van der Waals surface area contributed by atoms with Crippen LogP contribution in [0, 0.1) is 0 Å². The molecule has 0 radical (unpaired) electrons. The summed E-state index contributed by atoms with van der Waals surface area (Å²) in [5, 5.41) is 0. The molecule has 1 N–H and O–H groups in total. The lowest BCUT2D eigenvalue weighted by atomic mass is 10.2. The molecule has 0 fully saturated rings. The topological polar surface area (TPSA) is 23.2 Å². The minimum Gasteiger partial charge on any atom is -0.454 e. The van der Waals surface area contributed by atoms with Crippen molar-refractivity contribution >= 4 is 6.40 Å². The Morgan fingerprint density at radius 3 is 2.73 bits per heavy atom. The van der Waals surface area contributed by atoms with Crippen LogP contribution < -0.4 is 4.99 Å². The van der Waals surface area contributed by atoms with Crippen LogP contribution in [-0.2, 0) is 11.3 Å². The Morgan fingerprint density at radius 1 is 1.36 bits per heavy atom. The van der Waals surface area contributed by atoms with E-state index in [0.29, 0.717) is 0 Å². The average Bonchev–Trinajstić information content (AvgIpc) is 2.07. The van der Waals surface area contributed by atoms with Crippen molar-refractivity contribution < 1.29 is 9.73 Å². The van der Waals surface area contributed by atoms with Crippen LogP contribution in [0.5, 0.6) is 0 Å². The molecule has 0 saturated heterocycles. The van der Waals surface area contributed by atoms with Crippen molar-refractivity contribution in [3.8, 4) is 0 Å². The molecule has 0 aromatic heterocycles. The second kappa shape index (κ2) is 4.50. The van der Waals surface area contributed by atoms with E-state index in [0.717, 1.165) is 6.54 Å². The van der Waals surface area contributed by atoms with Gasteiger partial charge in [-0.15, -0.1) is 0 Å². The second-order valence-electron chi connectivity index (χ2n) is 2.22. The zero-order valence-corrected chi connectivity index (χ0v) is 6.58. The summed E-state index contributed by atoms with van der Waals surface area (Å²) < 4.78 is 4.73. The molecule has 0 aliphatic rings. The maximum Gasteiger partial charge on any atom is 0.322 e. The molecule has 1 rings (SSSR count). The lowest BCUT2D eigenvalue weighted by Gasteiger charge is -1.88. The van der Waals surface area contributed by atoms with E-state index < -0.39 is 0 Å². The third-order valence-corrected chi connectivity index (χ3v) is 1.35. The first kappa shape index (κ1) is 7.79. The summed E-state index contributed by atoms with van der Waals surface area (Å²) in [7, 11) is 1.62. The molecule has 58 valence electrons. The molecule has 0 aliphatic carbocycles. The monoisotopic (exact) mass is 150 g/mol. The van der Waals surface area contributed by atoms with E-state index in [1.807, 2.05) is 18.2 Å². The summed E-state index contributed by atoms with van der Waals surface area (Å²) in [6.07, 6.45) is 1.58. The van der Waals surface area contributed by atoms with Crippen molar-refractivity contribution in [2.45, 2.75) is 6.54 Å². The molecule has 0 unspecified atom stereocenters. The zero-order chi connectivity index (χ0) is 7.94. The highest BCUT2D eigenvalue weighted by molar-refractivity contribution is 5.37. The highest BCUT2D eigenvalue weighted by Gasteiger charge is 1.89. The van der Waals surface area contributed by atoms with Crippen molar-refractivity contribution in [2.75, 3.05) is 7.11 Å². The summed E-state index contributed by atoms with van der Waals surface area (Å²) in [4.78, 5) is 3.00. The highest BCUT2D eigenvalue weighted by atomic mass is 16.5. The van der Waals surface area contributed by atoms with Gasteiger partial charge >= 0.3 is 6.40 Å². The molecule has 2 nitrogen and oxygen atoms in total. The van der Waals surface area contributed by atoms with Crippen LogP contribution in [0.4, 0.5) is 0 Å². The Morgan fingerprint density at radius 2 is 2.09 bits per heavy atom. The predicted octanol–water partition coefficient (Wildman–Crippen LogP) is -0.0581. The molecule has 2 heteroatoms. The third-order valence-electron chi connectivity index (χ3n) is 1.35. The average molecular weight is 150 g/mol. The molecule has 11 heavy (non-hydrogen) atoms. The van der Waals surface area contributed by atoms with Gasteiger partial charge < -0.3 is 4.74 Å². The second-order valence-corrected chi connectivity index (χ2v) is 2.22. The fraction of sp³-hybridized carbons (Fsp3) is 0.222. The fourth-order valence-electron chi connectivity index (χ4n) is 0.839. The van der Waals surface area contributed by atoms with Crippen molar-refractivity contribution in [3.05, 3.63) is 35.9 Å². The van der Waals surface area contributed by atoms with E-state index in [1.54, 1.807) is 13.5 Å². The minimum absolute atomic E-state index is 0.814. The fourth-order valence-corrected chi connectivity index (χ4v) is 0.839. The van der Waals surface area contributed by atoms with Gasteiger partial charge in [-0.25, -0.2) is 4.99 Å². The Labute approximate surface area is 66.5 Å². The van der Waals surface area contributed by atoms with Gasteiger partial charge in [0.1, 0.15) is 0 Å². The maximum atomic E-state index is 4.73. The number of nitrogens with one attached hydrogen (secondary N) is 1. The van der Waals surface area contributed by atoms with Gasteiger partial charge in [0.15, 0.2) is 6.54 Å². The first-order valence-corrected chi connectivity index (χ1v) is 3.55. The number of hydrogen-bond donors (Lipinski definition) is 1. The number of benzene rings is 1. The SMILES string of the molecule is COC=[NH+]Cc1ccccc1. The molecule has 0 heterocycles. The van der Waals surface area contributed by atoms with Crippen molar-refractivity contribution in [3.63, 3.8) is 0 Å². The van der Waals surface area contributed by atoms with Crippen molar-refractivity contribution in [2.24, 2.45) is 0 Å². The lowest BCUT2D eigenvalue weighted by Crippen LogP contribution is -2.67. The molecule has 0 atom stereocenters. The third kappa shape index (κ3) is 2.85. The van der Waals surface area contributed by atoms with Crippen LogP contribution in [-0.4, -0.2) is 13.5 Å². The van der Waals surface area contributed by atoms with E-state index in [-0.39, 0.29) is 0 Å². The Bertz CT molecular complexity index is 218. The number of ether oxygens (including phenoxy) is 1. The highest BCUT2D eigenvalue weighted by Crippen LogP contribution is 1.93. The van der Waals surface area contributed by atoms with Crippen LogP contribution in [0.1, 0.15) is 5.56 Å². The van der Waals surface area contributed by atoms with E-state index in [2.05, 4.69) is 17.1 Å². The van der Waals surface area contributed by atoms with Crippen molar-refractivity contribution in [1.82, 2.24) is 0 Å². The molecular formula is C9H12NO+. The molecule has 0 spiro atoms. The quantitative estimate of drug-likeness (QED) is 0.473. The van der Waals surface area contributed by atoms with Crippen LogP contribution >= 0.6 is 0 Å². The molecular weight excluding hydrogens is 138 g/mol. The number of hydrogen-bond acceptors (Lipinski definition) is 1. The molecule has 1 aromatic rings. The lowest BCUT2D eigenvalue weighted by molar-refractivity contribution is -0.478. The number of rotatable bonds is 3. The first-order valence-electron chi connectivity index (χ1n) is 3.55. The standard InChI is InChI=1S/C9H11NO/c1-11-8-10-7-9-5-3-2-4-6-9/h2-6,8H,7H2,1H3/p+1. The van der Waals surface area contributed by atoms with E-state index in [1.165, 1.54) is 5.56 Å². The van der Waals surface area contributed by atoms with Gasteiger partial charge in [0.2, 0.25) is 0 Å². The van der Waals surface area contributed by atoms with Gasteiger partial charge in [-0.05, 0) is 0 Å². The minimum atomic E-state index is 0.814. The first-order chi connectivity index (χ1) is 5.43. The van der Waals surface area contributed by atoms with E-state index in [9.17, 15) is 0 Å². The van der Waals surface area contributed by atoms with Gasteiger partial charge in [-0.2, -0.15) is 0 Å². The van der Waals surface area contributed by atoms with Gasteiger partial charge in [-0.1, -0.05) is 30.3 Å². The van der Waals surface area contributed by atoms with Gasteiger partial charge in [0, 0.05) is 5.56 Å². The number of methoxy groups -OCH3 is 1. The van der Waals surface area contributed by atoms with Crippen molar-refractivity contribution in [1.29, 1.82) is 0 Å². The molecule has 0 amide bonds. The molecule has 0 aliphatic heterocycles. The maximum absolute atomic E-state index is 4.73. The normalized spacial score (nSPS) is 10.3. The van der Waals surface area contributed by atoms with Gasteiger partial charge in [0.05, 0.1) is 7.11 Å². The summed E-state index contributed by atoms with van der Waals surface area (Å²) >= 11 is 0. The predicted molar refractivity (Wildman–Crippen MR) is 44.2 cm³/mol. The van der Waals surface area contributed by atoms with E-state index in [4.69, 9.17) is 4.74 Å². The Kier molecular flexibility index (Phi) is 3.19. The summed E-state index contributed by atoms with van der Waals surface area (Å²) in [6.45, 7) is 0.814. The molecule has 0 saturated carbocycles. The van der Waals surface area contributed by atoms with Crippen LogP contribution in [0.15, 0.2) is 30.3 Å². The zero-order valence-electron chi connectivity index (χ0n) is 6.58. The van der Waals surface area contributed by atoms with Gasteiger partial charge in [-0.3, -0.25) is 0 Å². The largest absolute Gasteiger partial charge is 0.454 e. The molecule has 0 bridgehead atoms. The Balaban J connectivity index is 2.45. The summed E-state index contributed by atoms with van der Waals surface area (Å²) in [6, 6.07) is 10.2. The molecule has 1 aromatic carbocycles. The Hall–Kier alpha value is -1.31. The van der Waals surface area contributed by atoms with Crippen LogP contribution in [0.3, 0.4) is 0 Å². The van der Waals surface area contributed by atoms with Crippen LogP contribution in [0.2, 0.25) is 0 Å². The van der Waals surface area contributed by atoms with E-state index >= 15 is 0 Å². The smallest absolute Gasteiger partial charge is 0.322 e. The summed E-state index contributed by atoms with van der Waals surface area (Å²) in [5.74, 6) is 0.